The van der Waals surface area contributed by atoms with Crippen LogP contribution in [-0.4, -0.2) is 39.3 Å². The van der Waals surface area contributed by atoms with Gasteiger partial charge in [0.15, 0.2) is 0 Å². The number of rotatable bonds is 4. The van der Waals surface area contributed by atoms with Gasteiger partial charge in [-0.3, -0.25) is 4.79 Å². The molecule has 2 aliphatic rings. The summed E-state index contributed by atoms with van der Waals surface area (Å²) < 4.78 is 5.89. The Balaban J connectivity index is 1.41. The van der Waals surface area contributed by atoms with Gasteiger partial charge >= 0.3 is 0 Å². The number of likely N-dealkylation sites (tertiary alicyclic amines) is 1. The van der Waals surface area contributed by atoms with Gasteiger partial charge in [-0.25, -0.2) is 0 Å². The Morgan fingerprint density at radius 2 is 2.07 bits per heavy atom. The van der Waals surface area contributed by atoms with E-state index in [0.29, 0.717) is 11.1 Å². The predicted molar refractivity (Wildman–Crippen MR) is 109 cm³/mol. The highest BCUT2D eigenvalue weighted by molar-refractivity contribution is 8.00. The monoisotopic (exact) mass is 405 g/mol. The van der Waals surface area contributed by atoms with E-state index in [1.807, 2.05) is 11.8 Å². The second-order valence-electron chi connectivity index (χ2n) is 7.78. The van der Waals surface area contributed by atoms with Crippen LogP contribution in [0.4, 0.5) is 0 Å². The fourth-order valence-corrected chi connectivity index (χ4v) is 5.82. The first-order valence-electron chi connectivity index (χ1n) is 10.0. The van der Waals surface area contributed by atoms with Crippen LogP contribution in [0.1, 0.15) is 56.4 Å². The van der Waals surface area contributed by atoms with Crippen molar-refractivity contribution in [1.29, 1.82) is 0 Å². The minimum atomic E-state index is -0.200. The molecule has 2 atom stereocenters. The molecular formula is C20H27N3O2S2. The van der Waals surface area contributed by atoms with Gasteiger partial charge in [0.1, 0.15) is 0 Å². The molecule has 0 saturated carbocycles. The number of nitrogens with zero attached hydrogens (tertiary/aromatic N) is 3. The van der Waals surface area contributed by atoms with Gasteiger partial charge in [0.2, 0.25) is 5.91 Å². The van der Waals surface area contributed by atoms with Crippen molar-refractivity contribution in [2.75, 3.05) is 13.1 Å². The topological polar surface area (TPSA) is 59.2 Å². The lowest BCUT2D eigenvalue weighted by Gasteiger charge is -2.23. The highest BCUT2D eigenvalue weighted by atomic mass is 32.2. The summed E-state index contributed by atoms with van der Waals surface area (Å²) in [7, 11) is 0. The molecule has 1 aliphatic heterocycles. The maximum Gasteiger partial charge on any atom is 0.277 e. The molecule has 0 unspecified atom stereocenters. The molecular weight excluding hydrogens is 378 g/mol. The van der Waals surface area contributed by atoms with Crippen LogP contribution in [0.3, 0.4) is 0 Å². The van der Waals surface area contributed by atoms with Crippen LogP contribution in [0.5, 0.6) is 0 Å². The lowest BCUT2D eigenvalue weighted by molar-refractivity contribution is -0.130. The lowest BCUT2D eigenvalue weighted by Crippen LogP contribution is -2.37. The number of thioether (sulfide) groups is 1. The van der Waals surface area contributed by atoms with Crippen LogP contribution in [-0.2, 0) is 17.6 Å². The van der Waals surface area contributed by atoms with Crippen molar-refractivity contribution in [2.45, 2.75) is 69.3 Å². The number of hydrogen-bond acceptors (Lipinski definition) is 6. The van der Waals surface area contributed by atoms with E-state index < -0.39 is 0 Å². The van der Waals surface area contributed by atoms with E-state index in [0.717, 1.165) is 49.6 Å². The SMILES string of the molecule is C[C@@H]1CCc2sc(-c3nnc(S[C@@H](C)C(=O)N4CCCCCC4)o3)cc2C1. The van der Waals surface area contributed by atoms with Gasteiger partial charge in [0.05, 0.1) is 10.1 Å². The van der Waals surface area contributed by atoms with Gasteiger partial charge in [-0.15, -0.1) is 21.5 Å². The molecule has 27 heavy (non-hydrogen) atoms. The average molecular weight is 406 g/mol. The molecule has 0 spiro atoms. The standard InChI is InChI=1S/C20H27N3O2S2/c1-13-7-8-16-15(11-13)12-17(27-16)18-21-22-20(25-18)26-14(2)19(24)23-9-5-3-4-6-10-23/h12-14H,3-11H2,1-2H3/t13-,14+/m1/s1. The zero-order chi connectivity index (χ0) is 18.8. The summed E-state index contributed by atoms with van der Waals surface area (Å²) in [5.74, 6) is 1.51. The molecule has 1 fully saturated rings. The van der Waals surface area contributed by atoms with Gasteiger partial charge in [0, 0.05) is 18.0 Å². The zero-order valence-electron chi connectivity index (χ0n) is 16.1. The number of carbonyl (C=O) groups excluding carboxylic acids is 1. The van der Waals surface area contributed by atoms with Crippen LogP contribution in [0.25, 0.3) is 10.8 Å². The van der Waals surface area contributed by atoms with Gasteiger partial charge < -0.3 is 9.32 Å². The lowest BCUT2D eigenvalue weighted by atomic mass is 9.90. The Kier molecular flexibility index (Phi) is 5.88. The van der Waals surface area contributed by atoms with E-state index >= 15 is 0 Å². The van der Waals surface area contributed by atoms with Crippen molar-refractivity contribution >= 4 is 29.0 Å². The maximum atomic E-state index is 12.7. The number of hydrogen-bond donors (Lipinski definition) is 0. The quantitative estimate of drug-likeness (QED) is 0.684. The summed E-state index contributed by atoms with van der Waals surface area (Å²) in [4.78, 5) is 17.2. The number of carbonyl (C=O) groups is 1. The molecule has 4 rings (SSSR count). The molecule has 2 aromatic rings. The fraction of sp³-hybridized carbons (Fsp3) is 0.650. The van der Waals surface area contributed by atoms with E-state index in [1.165, 1.54) is 41.5 Å². The molecule has 0 radical (unpaired) electrons. The van der Waals surface area contributed by atoms with Crippen molar-refractivity contribution in [1.82, 2.24) is 15.1 Å². The molecule has 0 N–H and O–H groups in total. The van der Waals surface area contributed by atoms with Crippen molar-refractivity contribution < 1.29 is 9.21 Å². The summed E-state index contributed by atoms with van der Waals surface area (Å²) in [5, 5.41) is 8.71. The van der Waals surface area contributed by atoms with Gasteiger partial charge in [0.25, 0.3) is 11.1 Å². The van der Waals surface area contributed by atoms with E-state index in [2.05, 4.69) is 23.2 Å². The summed E-state index contributed by atoms with van der Waals surface area (Å²) in [6.45, 7) is 5.99. The third-order valence-electron chi connectivity index (χ3n) is 5.49. The van der Waals surface area contributed by atoms with Crippen LogP contribution in [0.2, 0.25) is 0 Å². The third kappa shape index (κ3) is 4.40. The van der Waals surface area contributed by atoms with Crippen LogP contribution < -0.4 is 0 Å². The predicted octanol–water partition coefficient (Wildman–Crippen LogP) is 4.81. The largest absolute Gasteiger partial charge is 0.410 e. The first kappa shape index (κ1) is 19.0. The number of amides is 1. The number of aryl methyl sites for hydroxylation is 1. The number of aromatic nitrogens is 2. The van der Waals surface area contributed by atoms with Crippen molar-refractivity contribution in [2.24, 2.45) is 5.92 Å². The van der Waals surface area contributed by atoms with E-state index in [9.17, 15) is 4.79 Å². The smallest absolute Gasteiger partial charge is 0.277 e. The molecule has 2 aromatic heterocycles. The Morgan fingerprint density at radius 1 is 1.30 bits per heavy atom. The normalized spacial score (nSPS) is 21.6. The molecule has 7 heteroatoms. The first-order valence-corrected chi connectivity index (χ1v) is 11.7. The Labute approximate surface area is 168 Å². The number of thiophene rings is 1. The third-order valence-corrected chi connectivity index (χ3v) is 7.64. The summed E-state index contributed by atoms with van der Waals surface area (Å²) >= 11 is 3.15. The summed E-state index contributed by atoms with van der Waals surface area (Å²) in [6, 6.07) is 2.21. The molecule has 0 aromatic carbocycles. The van der Waals surface area contributed by atoms with Gasteiger partial charge in [-0.1, -0.05) is 31.5 Å². The Bertz CT molecular complexity index is 793. The molecule has 1 saturated heterocycles. The Hall–Kier alpha value is -1.34. The van der Waals surface area contributed by atoms with Crippen molar-refractivity contribution in [3.05, 3.63) is 16.5 Å². The van der Waals surface area contributed by atoms with Crippen molar-refractivity contribution in [3.8, 4) is 10.8 Å². The fourth-order valence-electron chi connectivity index (χ4n) is 3.92. The molecule has 0 bridgehead atoms. The molecule has 146 valence electrons. The molecule has 1 amide bonds. The highest BCUT2D eigenvalue weighted by Crippen LogP contribution is 2.37. The van der Waals surface area contributed by atoms with Crippen LogP contribution in [0, 0.1) is 5.92 Å². The van der Waals surface area contributed by atoms with Gasteiger partial charge in [-0.2, -0.15) is 0 Å². The highest BCUT2D eigenvalue weighted by Gasteiger charge is 2.25. The molecule has 1 aliphatic carbocycles. The zero-order valence-corrected chi connectivity index (χ0v) is 17.7. The summed E-state index contributed by atoms with van der Waals surface area (Å²) in [6.07, 6.45) is 8.21. The van der Waals surface area contributed by atoms with Crippen molar-refractivity contribution in [3.63, 3.8) is 0 Å². The Morgan fingerprint density at radius 3 is 2.85 bits per heavy atom. The molecule has 5 nitrogen and oxygen atoms in total. The van der Waals surface area contributed by atoms with Crippen LogP contribution in [0.15, 0.2) is 15.7 Å². The average Bonchev–Trinajstić information content (AvgIpc) is 3.19. The first-order chi connectivity index (χ1) is 13.1. The number of fused-ring (bicyclic) bond motifs is 1. The minimum absolute atomic E-state index is 0.183. The second kappa shape index (κ2) is 8.35. The maximum absolute atomic E-state index is 12.7. The van der Waals surface area contributed by atoms with E-state index in [4.69, 9.17) is 4.42 Å². The second-order valence-corrected chi connectivity index (χ2v) is 10.2. The summed E-state index contributed by atoms with van der Waals surface area (Å²) in [5.41, 5.74) is 1.44. The van der Waals surface area contributed by atoms with E-state index in [1.54, 1.807) is 11.3 Å². The van der Waals surface area contributed by atoms with Gasteiger partial charge in [-0.05, 0) is 56.6 Å². The minimum Gasteiger partial charge on any atom is -0.410 e. The molecule has 3 heterocycles. The van der Waals surface area contributed by atoms with Crippen LogP contribution >= 0.6 is 23.1 Å². The van der Waals surface area contributed by atoms with E-state index in [-0.39, 0.29) is 11.2 Å².